The normalized spacial score (nSPS) is 16.4. The minimum atomic E-state index is 0.0138. The number of phenols is 1. The van der Waals surface area contributed by atoms with Crippen LogP contribution in [0.5, 0.6) is 5.75 Å². The van der Waals surface area contributed by atoms with Gasteiger partial charge in [-0.05, 0) is 48.8 Å². The van der Waals surface area contributed by atoms with E-state index in [1.165, 1.54) is 11.1 Å². The topological polar surface area (TPSA) is 69.6 Å². The first-order chi connectivity index (χ1) is 10.6. The Hall–Kier alpha value is -1.81. The highest BCUT2D eigenvalue weighted by Gasteiger charge is 2.28. The van der Waals surface area contributed by atoms with Crippen LogP contribution in [0.1, 0.15) is 54.4 Å². The third-order valence-corrected chi connectivity index (χ3v) is 4.45. The zero-order chi connectivity index (χ0) is 16.1. The third kappa shape index (κ3) is 3.33. The van der Waals surface area contributed by atoms with Crippen molar-refractivity contribution in [2.24, 2.45) is 0 Å². The molecule has 2 rings (SSSR count). The Morgan fingerprint density at radius 1 is 1.55 bits per heavy atom. The van der Waals surface area contributed by atoms with Crippen LogP contribution in [0.2, 0.25) is 0 Å². The minimum absolute atomic E-state index is 0.0138. The summed E-state index contributed by atoms with van der Waals surface area (Å²) >= 11 is 0. The number of fused-ring (bicyclic) bond motifs is 1. The van der Waals surface area contributed by atoms with Crippen molar-refractivity contribution >= 4 is 12.0 Å². The van der Waals surface area contributed by atoms with Crippen molar-refractivity contribution in [2.45, 2.75) is 44.9 Å². The van der Waals surface area contributed by atoms with Gasteiger partial charge in [0.05, 0.1) is 0 Å². The molecule has 0 unspecified atom stereocenters. The van der Waals surface area contributed by atoms with Gasteiger partial charge in [-0.15, -0.1) is 0 Å². The van der Waals surface area contributed by atoms with Crippen molar-refractivity contribution in [2.75, 3.05) is 13.2 Å². The van der Waals surface area contributed by atoms with Crippen LogP contribution in [0.15, 0.2) is 12.6 Å². The molecular formula is C18H25NO3. The van der Waals surface area contributed by atoms with Gasteiger partial charge in [-0.3, -0.25) is 4.79 Å². The number of hydrogen-bond donors (Lipinski definition) is 3. The Bertz CT molecular complexity index is 566. The minimum Gasteiger partial charge on any atom is -0.507 e. The van der Waals surface area contributed by atoms with E-state index in [4.69, 9.17) is 0 Å². The lowest BCUT2D eigenvalue weighted by molar-refractivity contribution is -0.120. The van der Waals surface area contributed by atoms with E-state index >= 15 is 0 Å². The molecule has 1 atom stereocenters. The smallest absolute Gasteiger partial charge is 0.219 e. The van der Waals surface area contributed by atoms with Crippen molar-refractivity contribution in [1.29, 1.82) is 0 Å². The fourth-order valence-electron chi connectivity index (χ4n) is 3.34. The standard InChI is InChI=1S/C18H25NO3/c1-3-12-11-14-6-5-13(7-9-19-16(21)4-2)17(14)15(8-10-20)18(12)22/h3,11,13,20,22H,1,4-10H2,2H3,(H,19,21)/t13-/m0/s1. The molecule has 0 saturated carbocycles. The Morgan fingerprint density at radius 3 is 2.95 bits per heavy atom. The number of hydrogen-bond acceptors (Lipinski definition) is 3. The van der Waals surface area contributed by atoms with Crippen LogP contribution in [0.4, 0.5) is 0 Å². The van der Waals surface area contributed by atoms with E-state index in [1.54, 1.807) is 6.08 Å². The molecule has 1 aromatic carbocycles. The molecule has 0 radical (unpaired) electrons. The van der Waals surface area contributed by atoms with E-state index in [0.29, 0.717) is 25.3 Å². The van der Waals surface area contributed by atoms with Crippen LogP contribution in [0.25, 0.3) is 6.08 Å². The summed E-state index contributed by atoms with van der Waals surface area (Å²) in [7, 11) is 0. The molecular weight excluding hydrogens is 278 g/mol. The van der Waals surface area contributed by atoms with Crippen molar-refractivity contribution in [3.8, 4) is 5.75 Å². The molecule has 0 heterocycles. The van der Waals surface area contributed by atoms with E-state index in [1.807, 2.05) is 13.0 Å². The van der Waals surface area contributed by atoms with Gasteiger partial charge in [-0.1, -0.05) is 19.6 Å². The summed E-state index contributed by atoms with van der Waals surface area (Å²) in [6.45, 7) is 6.25. The number of aliphatic hydroxyl groups excluding tert-OH is 1. The fraction of sp³-hybridized carbons (Fsp3) is 0.500. The molecule has 3 N–H and O–H groups in total. The molecule has 1 aliphatic rings. The second kappa shape index (κ2) is 7.45. The van der Waals surface area contributed by atoms with Crippen LogP contribution in [0.3, 0.4) is 0 Å². The summed E-state index contributed by atoms with van der Waals surface area (Å²) in [5, 5.41) is 22.6. The number of benzene rings is 1. The van der Waals surface area contributed by atoms with Crippen LogP contribution in [0, 0.1) is 0 Å². The van der Waals surface area contributed by atoms with Gasteiger partial charge in [-0.25, -0.2) is 0 Å². The summed E-state index contributed by atoms with van der Waals surface area (Å²) < 4.78 is 0. The zero-order valence-electron chi connectivity index (χ0n) is 13.2. The first kappa shape index (κ1) is 16.6. The number of carbonyl (C=O) groups is 1. The Kier molecular flexibility index (Phi) is 5.61. The largest absolute Gasteiger partial charge is 0.507 e. The average Bonchev–Trinajstić information content (AvgIpc) is 2.92. The SMILES string of the molecule is C=Cc1cc2c(c(CCO)c1O)[C@H](CCNC(=O)CC)CC2. The maximum Gasteiger partial charge on any atom is 0.219 e. The number of phenolic OH excluding ortho intramolecular Hbond substituents is 1. The van der Waals surface area contributed by atoms with Gasteiger partial charge in [0.25, 0.3) is 0 Å². The second-order valence-electron chi connectivity index (χ2n) is 5.77. The van der Waals surface area contributed by atoms with Gasteiger partial charge in [0, 0.05) is 30.7 Å². The highest BCUT2D eigenvalue weighted by atomic mass is 16.3. The van der Waals surface area contributed by atoms with E-state index in [0.717, 1.165) is 30.4 Å². The Labute approximate surface area is 131 Å². The second-order valence-corrected chi connectivity index (χ2v) is 5.77. The summed E-state index contributed by atoms with van der Waals surface area (Å²) in [5.74, 6) is 0.643. The molecule has 4 nitrogen and oxygen atoms in total. The summed E-state index contributed by atoms with van der Waals surface area (Å²) in [6, 6.07) is 2.00. The predicted molar refractivity (Wildman–Crippen MR) is 88.0 cm³/mol. The summed E-state index contributed by atoms with van der Waals surface area (Å²) in [5.41, 5.74) is 3.99. The molecule has 22 heavy (non-hydrogen) atoms. The predicted octanol–water partition coefficient (Wildman–Crippen LogP) is 2.52. The van der Waals surface area contributed by atoms with E-state index in [9.17, 15) is 15.0 Å². The van der Waals surface area contributed by atoms with Crippen molar-refractivity contribution < 1.29 is 15.0 Å². The van der Waals surface area contributed by atoms with Gasteiger partial charge in [-0.2, -0.15) is 0 Å². The van der Waals surface area contributed by atoms with Crippen LogP contribution < -0.4 is 5.32 Å². The van der Waals surface area contributed by atoms with Gasteiger partial charge < -0.3 is 15.5 Å². The number of aryl methyl sites for hydroxylation is 1. The molecule has 4 heteroatoms. The van der Waals surface area contributed by atoms with Crippen LogP contribution in [-0.4, -0.2) is 29.3 Å². The molecule has 0 bridgehead atoms. The molecule has 1 amide bonds. The summed E-state index contributed by atoms with van der Waals surface area (Å²) in [4.78, 5) is 11.3. The zero-order valence-corrected chi connectivity index (χ0v) is 13.2. The lowest BCUT2D eigenvalue weighted by atomic mass is 9.89. The number of aliphatic hydroxyl groups is 1. The van der Waals surface area contributed by atoms with Gasteiger partial charge in [0.15, 0.2) is 0 Å². The highest BCUT2D eigenvalue weighted by Crippen LogP contribution is 2.43. The van der Waals surface area contributed by atoms with E-state index < -0.39 is 0 Å². The monoisotopic (exact) mass is 303 g/mol. The molecule has 120 valence electrons. The average molecular weight is 303 g/mol. The number of rotatable bonds is 7. The van der Waals surface area contributed by atoms with Crippen LogP contribution >= 0.6 is 0 Å². The Morgan fingerprint density at radius 2 is 2.32 bits per heavy atom. The number of aromatic hydroxyl groups is 1. The van der Waals surface area contributed by atoms with Crippen molar-refractivity contribution in [1.82, 2.24) is 5.32 Å². The Balaban J connectivity index is 2.23. The first-order valence-electron chi connectivity index (χ1n) is 7.99. The lowest BCUT2D eigenvalue weighted by Gasteiger charge is -2.18. The number of nitrogens with one attached hydrogen (secondary N) is 1. The summed E-state index contributed by atoms with van der Waals surface area (Å²) in [6.07, 6.45) is 5.47. The van der Waals surface area contributed by atoms with Gasteiger partial charge in [0.1, 0.15) is 5.75 Å². The quantitative estimate of drug-likeness (QED) is 0.725. The molecule has 0 aliphatic heterocycles. The van der Waals surface area contributed by atoms with E-state index in [2.05, 4.69) is 11.9 Å². The van der Waals surface area contributed by atoms with E-state index in [-0.39, 0.29) is 18.3 Å². The van der Waals surface area contributed by atoms with Crippen molar-refractivity contribution in [3.05, 3.63) is 34.9 Å². The molecule has 0 aromatic heterocycles. The number of amides is 1. The fourth-order valence-corrected chi connectivity index (χ4v) is 3.34. The maximum atomic E-state index is 11.3. The van der Waals surface area contributed by atoms with Gasteiger partial charge in [0.2, 0.25) is 5.91 Å². The van der Waals surface area contributed by atoms with Crippen LogP contribution in [-0.2, 0) is 17.6 Å². The highest BCUT2D eigenvalue weighted by molar-refractivity contribution is 5.75. The molecule has 0 spiro atoms. The molecule has 1 aliphatic carbocycles. The first-order valence-corrected chi connectivity index (χ1v) is 7.99. The molecule has 0 saturated heterocycles. The third-order valence-electron chi connectivity index (χ3n) is 4.45. The van der Waals surface area contributed by atoms with Gasteiger partial charge >= 0.3 is 0 Å². The number of carbonyl (C=O) groups excluding carboxylic acids is 1. The van der Waals surface area contributed by atoms with Crippen molar-refractivity contribution in [3.63, 3.8) is 0 Å². The molecule has 0 fully saturated rings. The lowest BCUT2D eigenvalue weighted by Crippen LogP contribution is -2.24. The molecule has 1 aromatic rings. The maximum absolute atomic E-state index is 11.3.